The fourth-order valence-corrected chi connectivity index (χ4v) is 4.06. The number of hydrogen-bond donors (Lipinski definition) is 1. The number of carbonyl (C=O) groups is 2. The van der Waals surface area contributed by atoms with Crippen molar-refractivity contribution in [2.24, 2.45) is 5.92 Å². The number of hydrogen-bond acceptors (Lipinski definition) is 3. The van der Waals surface area contributed by atoms with E-state index in [1.807, 2.05) is 30.1 Å². The summed E-state index contributed by atoms with van der Waals surface area (Å²) in [7, 11) is 3.73. The third-order valence-corrected chi connectivity index (χ3v) is 5.54. The molecule has 5 nitrogen and oxygen atoms in total. The SMILES string of the molecule is CNC1CCN(C(=O)C2CC(=O)N(C)C2c2cccc(Cl)c2)CC1. The molecule has 1 aromatic carbocycles. The molecule has 2 fully saturated rings. The van der Waals surface area contributed by atoms with Gasteiger partial charge in [0.05, 0.1) is 12.0 Å². The molecule has 2 amide bonds. The molecule has 0 aliphatic carbocycles. The third kappa shape index (κ3) is 3.28. The van der Waals surface area contributed by atoms with Crippen LogP contribution in [0.3, 0.4) is 0 Å². The van der Waals surface area contributed by atoms with Crippen molar-refractivity contribution in [3.8, 4) is 0 Å². The van der Waals surface area contributed by atoms with Crippen LogP contribution >= 0.6 is 11.6 Å². The zero-order valence-electron chi connectivity index (χ0n) is 14.2. The van der Waals surface area contributed by atoms with Gasteiger partial charge in [-0.25, -0.2) is 0 Å². The Labute approximate surface area is 147 Å². The first-order chi connectivity index (χ1) is 11.5. The van der Waals surface area contributed by atoms with E-state index >= 15 is 0 Å². The maximum atomic E-state index is 13.0. The summed E-state index contributed by atoms with van der Waals surface area (Å²) in [5.41, 5.74) is 0.930. The number of nitrogens with one attached hydrogen (secondary N) is 1. The van der Waals surface area contributed by atoms with Crippen molar-refractivity contribution in [2.45, 2.75) is 31.3 Å². The first-order valence-electron chi connectivity index (χ1n) is 8.48. The molecule has 1 N–H and O–H groups in total. The average Bonchev–Trinajstić information content (AvgIpc) is 2.89. The summed E-state index contributed by atoms with van der Waals surface area (Å²) in [4.78, 5) is 28.9. The van der Waals surface area contributed by atoms with Crippen LogP contribution in [0.5, 0.6) is 0 Å². The minimum atomic E-state index is -0.327. The molecule has 3 rings (SSSR count). The zero-order chi connectivity index (χ0) is 17.3. The van der Waals surface area contributed by atoms with Crippen LogP contribution in [0.1, 0.15) is 30.9 Å². The van der Waals surface area contributed by atoms with E-state index in [1.54, 1.807) is 18.0 Å². The Hall–Kier alpha value is -1.59. The highest BCUT2D eigenvalue weighted by molar-refractivity contribution is 6.30. The lowest BCUT2D eigenvalue weighted by atomic mass is 9.91. The van der Waals surface area contributed by atoms with Gasteiger partial charge in [-0.1, -0.05) is 23.7 Å². The fraction of sp³-hybridized carbons (Fsp3) is 0.556. The number of rotatable bonds is 3. The number of nitrogens with zero attached hydrogens (tertiary/aromatic N) is 2. The molecule has 2 atom stereocenters. The molecule has 130 valence electrons. The predicted molar refractivity (Wildman–Crippen MR) is 93.7 cm³/mol. The van der Waals surface area contributed by atoms with Crippen LogP contribution < -0.4 is 5.32 Å². The van der Waals surface area contributed by atoms with E-state index in [2.05, 4.69) is 5.32 Å². The second-order valence-corrected chi connectivity index (χ2v) is 7.14. The maximum Gasteiger partial charge on any atom is 0.228 e. The van der Waals surface area contributed by atoms with Gasteiger partial charge in [0.2, 0.25) is 11.8 Å². The van der Waals surface area contributed by atoms with E-state index in [-0.39, 0.29) is 30.2 Å². The monoisotopic (exact) mass is 349 g/mol. The molecule has 1 aromatic rings. The largest absolute Gasteiger partial charge is 0.342 e. The number of likely N-dealkylation sites (tertiary alicyclic amines) is 2. The normalized spacial score (nSPS) is 25.4. The summed E-state index contributed by atoms with van der Waals surface area (Å²) < 4.78 is 0. The third-order valence-electron chi connectivity index (χ3n) is 5.31. The van der Waals surface area contributed by atoms with Gasteiger partial charge in [0.25, 0.3) is 0 Å². The summed E-state index contributed by atoms with van der Waals surface area (Å²) in [5.74, 6) is -0.220. The van der Waals surface area contributed by atoms with Crippen LogP contribution in [-0.4, -0.2) is 54.8 Å². The van der Waals surface area contributed by atoms with Crippen LogP contribution in [-0.2, 0) is 9.59 Å². The topological polar surface area (TPSA) is 52.7 Å². The van der Waals surface area contributed by atoms with E-state index in [9.17, 15) is 9.59 Å². The summed E-state index contributed by atoms with van der Waals surface area (Å²) >= 11 is 6.11. The van der Waals surface area contributed by atoms with Gasteiger partial charge >= 0.3 is 0 Å². The second kappa shape index (κ2) is 7.11. The summed E-state index contributed by atoms with van der Waals surface area (Å²) in [6.07, 6.45) is 2.19. The maximum absolute atomic E-state index is 13.0. The average molecular weight is 350 g/mol. The van der Waals surface area contributed by atoms with Crippen molar-refractivity contribution in [3.05, 3.63) is 34.9 Å². The van der Waals surface area contributed by atoms with Crippen LogP contribution in [0.15, 0.2) is 24.3 Å². The minimum absolute atomic E-state index is 0.0171. The highest BCUT2D eigenvalue weighted by Gasteiger charge is 2.44. The highest BCUT2D eigenvalue weighted by atomic mass is 35.5. The first kappa shape index (κ1) is 17.2. The smallest absolute Gasteiger partial charge is 0.228 e. The molecule has 0 saturated carbocycles. The van der Waals surface area contributed by atoms with Crippen molar-refractivity contribution >= 4 is 23.4 Å². The van der Waals surface area contributed by atoms with Crippen LogP contribution in [0, 0.1) is 5.92 Å². The first-order valence-corrected chi connectivity index (χ1v) is 8.86. The Kier molecular flexibility index (Phi) is 5.11. The van der Waals surface area contributed by atoms with Crippen molar-refractivity contribution in [2.75, 3.05) is 27.2 Å². The van der Waals surface area contributed by atoms with Gasteiger partial charge in [-0.3, -0.25) is 9.59 Å². The summed E-state index contributed by atoms with van der Waals surface area (Å²) in [5, 5.41) is 3.90. The molecule has 2 aliphatic heterocycles. The lowest BCUT2D eigenvalue weighted by Crippen LogP contribution is -2.46. The molecule has 0 bridgehead atoms. The van der Waals surface area contributed by atoms with Crippen molar-refractivity contribution in [3.63, 3.8) is 0 Å². The molecule has 2 heterocycles. The second-order valence-electron chi connectivity index (χ2n) is 6.70. The van der Waals surface area contributed by atoms with E-state index in [0.717, 1.165) is 31.5 Å². The molecule has 2 saturated heterocycles. The molecule has 0 aromatic heterocycles. The molecule has 6 heteroatoms. The van der Waals surface area contributed by atoms with Crippen molar-refractivity contribution < 1.29 is 9.59 Å². The van der Waals surface area contributed by atoms with Crippen LogP contribution in [0.4, 0.5) is 0 Å². The predicted octanol–water partition coefficient (Wildman–Crippen LogP) is 2.07. The Morgan fingerprint density at radius 2 is 2.00 bits per heavy atom. The molecule has 2 unspecified atom stereocenters. The Balaban J connectivity index is 1.80. The summed E-state index contributed by atoms with van der Waals surface area (Å²) in [6.45, 7) is 1.50. The van der Waals surface area contributed by atoms with E-state index in [1.165, 1.54) is 0 Å². The lowest BCUT2D eigenvalue weighted by molar-refractivity contribution is -0.137. The fourth-order valence-electron chi connectivity index (χ4n) is 3.86. The number of benzene rings is 1. The number of halogens is 1. The van der Waals surface area contributed by atoms with Gasteiger partial charge in [-0.2, -0.15) is 0 Å². The standard InChI is InChI=1S/C18H24ClN3O2/c1-20-14-6-8-22(9-7-14)18(24)15-11-16(23)21(2)17(15)12-4-3-5-13(19)10-12/h3-5,10,14-15,17,20H,6-9,11H2,1-2H3. The Bertz CT molecular complexity index is 628. The van der Waals surface area contributed by atoms with Gasteiger partial charge in [0, 0.05) is 37.6 Å². The quantitative estimate of drug-likeness (QED) is 0.909. The van der Waals surface area contributed by atoms with Gasteiger partial charge in [-0.15, -0.1) is 0 Å². The van der Waals surface area contributed by atoms with Gasteiger partial charge in [-0.05, 0) is 37.6 Å². The summed E-state index contributed by atoms with van der Waals surface area (Å²) in [6, 6.07) is 7.72. The van der Waals surface area contributed by atoms with E-state index in [4.69, 9.17) is 11.6 Å². The zero-order valence-corrected chi connectivity index (χ0v) is 14.9. The van der Waals surface area contributed by atoms with Gasteiger partial charge < -0.3 is 15.1 Å². The number of piperidine rings is 1. The van der Waals surface area contributed by atoms with E-state index in [0.29, 0.717) is 11.1 Å². The lowest BCUT2D eigenvalue weighted by Gasteiger charge is -2.35. The Morgan fingerprint density at radius 1 is 1.29 bits per heavy atom. The van der Waals surface area contributed by atoms with Crippen molar-refractivity contribution in [1.29, 1.82) is 0 Å². The molecular weight excluding hydrogens is 326 g/mol. The molecule has 0 radical (unpaired) electrons. The molecular formula is C18H24ClN3O2. The van der Waals surface area contributed by atoms with Gasteiger partial charge in [0.15, 0.2) is 0 Å². The van der Waals surface area contributed by atoms with Crippen molar-refractivity contribution in [1.82, 2.24) is 15.1 Å². The highest BCUT2D eigenvalue weighted by Crippen LogP contribution is 2.39. The van der Waals surface area contributed by atoms with Crippen LogP contribution in [0.2, 0.25) is 5.02 Å². The van der Waals surface area contributed by atoms with E-state index < -0.39 is 0 Å². The van der Waals surface area contributed by atoms with Crippen LogP contribution in [0.25, 0.3) is 0 Å². The number of carbonyl (C=O) groups excluding carboxylic acids is 2. The molecule has 0 spiro atoms. The molecule has 24 heavy (non-hydrogen) atoms. The minimum Gasteiger partial charge on any atom is -0.342 e. The van der Waals surface area contributed by atoms with Gasteiger partial charge in [0.1, 0.15) is 0 Å². The number of amides is 2. The molecule has 2 aliphatic rings. The Morgan fingerprint density at radius 3 is 2.62 bits per heavy atom.